The topological polar surface area (TPSA) is 73.0 Å². The molecule has 0 radical (unpaired) electrons. The zero-order chi connectivity index (χ0) is 16.9. The fraction of sp³-hybridized carbons (Fsp3) is 0. The van der Waals surface area contributed by atoms with E-state index in [0.29, 0.717) is 5.56 Å². The molecule has 0 aliphatic rings. The van der Waals surface area contributed by atoms with E-state index in [1.807, 2.05) is 36.4 Å². The number of hydrogen-bond acceptors (Lipinski definition) is 5. The molecule has 3 aromatic rings. The summed E-state index contributed by atoms with van der Waals surface area (Å²) >= 11 is 1.02. The van der Waals surface area contributed by atoms with Crippen molar-refractivity contribution in [3.63, 3.8) is 0 Å². The van der Waals surface area contributed by atoms with E-state index in [0.717, 1.165) is 16.9 Å². The van der Waals surface area contributed by atoms with Gasteiger partial charge in [-0.1, -0.05) is 66.7 Å². The van der Waals surface area contributed by atoms with Gasteiger partial charge in [0.15, 0.2) is 10.8 Å². The monoisotopic (exact) mass is 334 g/mol. The fourth-order valence-corrected chi connectivity index (χ4v) is 3.00. The van der Waals surface area contributed by atoms with Crippen LogP contribution in [-0.2, 0) is 0 Å². The summed E-state index contributed by atoms with van der Waals surface area (Å²) in [5.41, 5.74) is 7.25. The molecule has 1 heterocycles. The number of anilines is 1. The largest absolute Gasteiger partial charge is 0.382 e. The van der Waals surface area contributed by atoms with E-state index in [4.69, 9.17) is 5.73 Å². The maximum atomic E-state index is 12.4. The average molecular weight is 334 g/mol. The number of carbonyl (C=O) groups excluding carboxylic acids is 2. The summed E-state index contributed by atoms with van der Waals surface area (Å²) in [6.45, 7) is 0. The van der Waals surface area contributed by atoms with Crippen LogP contribution in [-0.4, -0.2) is 16.6 Å². The minimum Gasteiger partial charge on any atom is -0.382 e. The number of nitrogens with zero attached hydrogens (tertiary/aromatic N) is 1. The molecular formula is C19H14N2O2S. The molecule has 24 heavy (non-hydrogen) atoms. The van der Waals surface area contributed by atoms with Crippen LogP contribution in [0.4, 0.5) is 5.82 Å². The van der Waals surface area contributed by atoms with Crippen molar-refractivity contribution in [2.24, 2.45) is 0 Å². The Morgan fingerprint density at radius 3 is 2.25 bits per heavy atom. The second-order valence-corrected chi connectivity index (χ2v) is 6.04. The normalized spacial score (nSPS) is 10.8. The maximum absolute atomic E-state index is 12.4. The van der Waals surface area contributed by atoms with Gasteiger partial charge in [0.2, 0.25) is 5.78 Å². The molecule has 3 rings (SSSR count). The number of nitrogens with two attached hydrogens (primary N) is 1. The van der Waals surface area contributed by atoms with Crippen LogP contribution >= 0.6 is 11.3 Å². The molecule has 0 bridgehead atoms. The molecule has 1 aromatic heterocycles. The summed E-state index contributed by atoms with van der Waals surface area (Å²) in [7, 11) is 0. The SMILES string of the molecule is Nc1nc(C(=O)c2ccccc2)sc1C(=O)C=Cc1ccccc1. The van der Waals surface area contributed by atoms with Crippen LogP contribution in [0.5, 0.6) is 0 Å². The van der Waals surface area contributed by atoms with Gasteiger partial charge < -0.3 is 5.73 Å². The Hall–Kier alpha value is -3.05. The minimum atomic E-state index is -0.263. The number of ketones is 2. The summed E-state index contributed by atoms with van der Waals surface area (Å²) in [6, 6.07) is 18.3. The van der Waals surface area contributed by atoms with Crippen molar-refractivity contribution in [2.75, 3.05) is 5.73 Å². The zero-order valence-corrected chi connectivity index (χ0v) is 13.5. The molecule has 0 spiro atoms. The van der Waals surface area contributed by atoms with Crippen molar-refractivity contribution in [2.45, 2.75) is 0 Å². The van der Waals surface area contributed by atoms with Crippen LogP contribution in [0.25, 0.3) is 6.08 Å². The van der Waals surface area contributed by atoms with Gasteiger partial charge in [-0.05, 0) is 11.6 Å². The van der Waals surface area contributed by atoms with Crippen LogP contribution in [0.15, 0.2) is 66.7 Å². The Bertz CT molecular complexity index is 900. The van der Waals surface area contributed by atoms with Gasteiger partial charge in [0.05, 0.1) is 0 Å². The third-order valence-corrected chi connectivity index (χ3v) is 4.42. The Labute approximate surface area is 143 Å². The lowest BCUT2D eigenvalue weighted by Gasteiger charge is -1.95. The molecule has 0 amide bonds. The number of carbonyl (C=O) groups is 2. The van der Waals surface area contributed by atoms with Crippen molar-refractivity contribution >= 4 is 34.8 Å². The van der Waals surface area contributed by atoms with Crippen molar-refractivity contribution in [1.82, 2.24) is 4.98 Å². The molecule has 118 valence electrons. The number of thiazole rings is 1. The highest BCUT2D eigenvalue weighted by molar-refractivity contribution is 7.16. The van der Waals surface area contributed by atoms with Crippen molar-refractivity contribution in [3.05, 3.63) is 87.8 Å². The highest BCUT2D eigenvalue weighted by Gasteiger charge is 2.19. The summed E-state index contributed by atoms with van der Waals surface area (Å²) < 4.78 is 0. The first-order chi connectivity index (χ1) is 11.6. The van der Waals surface area contributed by atoms with Crippen LogP contribution in [0.1, 0.15) is 30.6 Å². The number of aromatic nitrogens is 1. The lowest BCUT2D eigenvalue weighted by atomic mass is 10.1. The van der Waals surface area contributed by atoms with E-state index in [2.05, 4.69) is 4.98 Å². The van der Waals surface area contributed by atoms with Gasteiger partial charge in [0.1, 0.15) is 10.7 Å². The van der Waals surface area contributed by atoms with Gasteiger partial charge in [-0.25, -0.2) is 4.98 Å². The lowest BCUT2D eigenvalue weighted by Crippen LogP contribution is -2.00. The van der Waals surface area contributed by atoms with E-state index in [9.17, 15) is 9.59 Å². The quantitative estimate of drug-likeness (QED) is 0.568. The second-order valence-electron chi connectivity index (χ2n) is 5.04. The molecule has 0 saturated carbocycles. The van der Waals surface area contributed by atoms with Gasteiger partial charge in [-0.15, -0.1) is 11.3 Å². The summed E-state index contributed by atoms with van der Waals surface area (Å²) in [5, 5.41) is 0.218. The van der Waals surface area contributed by atoms with E-state index in [-0.39, 0.29) is 27.3 Å². The first kappa shape index (κ1) is 15.8. The highest BCUT2D eigenvalue weighted by atomic mass is 32.1. The molecule has 4 nitrogen and oxygen atoms in total. The third kappa shape index (κ3) is 3.47. The van der Waals surface area contributed by atoms with Crippen LogP contribution in [0.3, 0.4) is 0 Å². The van der Waals surface area contributed by atoms with E-state index in [1.54, 1.807) is 30.3 Å². The molecule has 0 aliphatic heterocycles. The Kier molecular flexibility index (Phi) is 4.63. The molecular weight excluding hydrogens is 320 g/mol. The highest BCUT2D eigenvalue weighted by Crippen LogP contribution is 2.24. The van der Waals surface area contributed by atoms with Gasteiger partial charge in [-0.3, -0.25) is 9.59 Å². The van der Waals surface area contributed by atoms with Crippen LogP contribution < -0.4 is 5.73 Å². The fourth-order valence-electron chi connectivity index (χ4n) is 2.13. The number of hydrogen-bond donors (Lipinski definition) is 1. The van der Waals surface area contributed by atoms with Crippen molar-refractivity contribution < 1.29 is 9.59 Å². The molecule has 0 atom stereocenters. The Morgan fingerprint density at radius 1 is 0.958 bits per heavy atom. The van der Waals surface area contributed by atoms with E-state index >= 15 is 0 Å². The molecule has 0 unspecified atom stereocenters. The predicted molar refractivity (Wildman–Crippen MR) is 96.2 cm³/mol. The maximum Gasteiger partial charge on any atom is 0.221 e. The summed E-state index contributed by atoms with van der Waals surface area (Å²) in [4.78, 5) is 29.0. The average Bonchev–Trinajstić information content (AvgIpc) is 3.02. The minimum absolute atomic E-state index is 0.0852. The van der Waals surface area contributed by atoms with Crippen LogP contribution in [0, 0.1) is 0 Å². The predicted octanol–water partition coefficient (Wildman–Crippen LogP) is 3.85. The second kappa shape index (κ2) is 7.02. The number of allylic oxidation sites excluding steroid dienone is 1. The molecule has 5 heteroatoms. The first-order valence-corrected chi connectivity index (χ1v) is 8.10. The van der Waals surface area contributed by atoms with Crippen molar-refractivity contribution in [1.29, 1.82) is 0 Å². The summed E-state index contributed by atoms with van der Waals surface area (Å²) in [5.74, 6) is -0.415. The van der Waals surface area contributed by atoms with Gasteiger partial charge in [0.25, 0.3) is 0 Å². The molecule has 0 fully saturated rings. The van der Waals surface area contributed by atoms with Gasteiger partial charge in [0, 0.05) is 5.56 Å². The number of nitrogen functional groups attached to an aromatic ring is 1. The zero-order valence-electron chi connectivity index (χ0n) is 12.7. The molecule has 0 aliphatic carbocycles. The standard InChI is InChI=1S/C19H14N2O2S/c20-18-17(15(22)12-11-13-7-3-1-4-8-13)24-19(21-18)16(23)14-9-5-2-6-10-14/h1-12H,20H2. The smallest absolute Gasteiger partial charge is 0.221 e. The van der Waals surface area contributed by atoms with Crippen LogP contribution in [0.2, 0.25) is 0 Å². The third-order valence-electron chi connectivity index (χ3n) is 3.33. The van der Waals surface area contributed by atoms with Gasteiger partial charge in [-0.2, -0.15) is 0 Å². The Morgan fingerprint density at radius 2 is 1.58 bits per heavy atom. The lowest BCUT2D eigenvalue weighted by molar-refractivity contribution is 0.103. The van der Waals surface area contributed by atoms with Crippen molar-refractivity contribution in [3.8, 4) is 0 Å². The first-order valence-electron chi connectivity index (χ1n) is 7.28. The summed E-state index contributed by atoms with van der Waals surface area (Å²) in [6.07, 6.45) is 3.15. The molecule has 0 saturated heterocycles. The molecule has 2 N–H and O–H groups in total. The molecule has 2 aromatic carbocycles. The van der Waals surface area contributed by atoms with E-state index < -0.39 is 0 Å². The number of rotatable bonds is 5. The number of benzene rings is 2. The Balaban J connectivity index is 1.82. The van der Waals surface area contributed by atoms with Gasteiger partial charge >= 0.3 is 0 Å². The van der Waals surface area contributed by atoms with E-state index in [1.165, 1.54) is 6.08 Å².